The van der Waals surface area contributed by atoms with E-state index in [4.69, 9.17) is 14.0 Å². The van der Waals surface area contributed by atoms with Crippen LogP contribution in [0.25, 0.3) is 93.9 Å². The third-order valence-corrected chi connectivity index (χ3v) is 18.1. The molecule has 0 fully saturated rings. The van der Waals surface area contributed by atoms with E-state index in [1.807, 2.05) is 72.8 Å². The summed E-state index contributed by atoms with van der Waals surface area (Å²) < 4.78 is 127. The average Bonchev–Trinajstić information content (AvgIpc) is 1.09. The van der Waals surface area contributed by atoms with Gasteiger partial charge < -0.3 is 18.8 Å². The monoisotopic (exact) mass is 1160 g/mol. The third-order valence-electron chi connectivity index (χ3n) is 18.1. The molecule has 1 atom stereocenters. The highest BCUT2D eigenvalue weighted by atomic mass is 16.3. The van der Waals surface area contributed by atoms with Crippen molar-refractivity contribution in [2.45, 2.75) is 84.5 Å². The van der Waals surface area contributed by atoms with Gasteiger partial charge in [-0.2, -0.15) is 0 Å². The highest BCUT2D eigenvalue weighted by Gasteiger charge is 2.43. The molecule has 0 aliphatic carbocycles. The molecule has 14 aromatic rings. The summed E-state index contributed by atoms with van der Waals surface area (Å²) in [6.45, 7) is 20.0. The van der Waals surface area contributed by atoms with Gasteiger partial charge in [-0.05, 0) is 155 Å². The fourth-order valence-corrected chi connectivity index (χ4v) is 13.5. The Bertz CT molecular complexity index is 5760. The molecule has 4 nitrogen and oxygen atoms in total. The fraction of sp³-hybridized carbons (Fsp3) is 0.153. The lowest BCUT2D eigenvalue weighted by atomic mass is 9.73. The van der Waals surface area contributed by atoms with Gasteiger partial charge in [0.25, 0.3) is 0 Å². The Morgan fingerprint density at radius 3 is 1.34 bits per heavy atom. The summed E-state index contributed by atoms with van der Waals surface area (Å²) in [5.74, 6) is -0.488. The van der Waals surface area contributed by atoms with Crippen molar-refractivity contribution in [1.29, 1.82) is 0 Å². The molecule has 0 N–H and O–H groups in total. The molecule has 0 radical (unpaired) electrons. The lowest BCUT2D eigenvalue weighted by molar-refractivity contribution is 0.569. The van der Waals surface area contributed by atoms with Crippen molar-refractivity contribution >= 4 is 77.9 Å². The highest BCUT2D eigenvalue weighted by Crippen LogP contribution is 2.63. The Morgan fingerprint density at radius 2 is 0.787 bits per heavy atom. The zero-order valence-electron chi connectivity index (χ0n) is 64.1. The van der Waals surface area contributed by atoms with Crippen molar-refractivity contribution in [3.05, 3.63) is 294 Å². The SMILES string of the molecule is [2H]c1c([2H])c([2H])c(-c2ccc3c(c2)N(c2cc(-c4ccccc4)cc(-c4ccccc4)c2)c2cc(C(C)(C)C)cc4c2C3c2ccc(-c3cc(C(C)(C)C)cc(C(C)(C)C)c3)cc2N4c2cccc3c2oc2c(-n4c5c([2H])c([2H])c([2H])c([2H])c5c5c([2H])c([2H])c([2H])c([2H])c54)cccc23)c([2H])c1[2H]. The highest BCUT2D eigenvalue weighted by molar-refractivity contribution is 6.15. The van der Waals surface area contributed by atoms with Gasteiger partial charge in [0.2, 0.25) is 0 Å². The summed E-state index contributed by atoms with van der Waals surface area (Å²) in [5.41, 5.74) is 17.5. The first kappa shape index (κ1) is 41.8. The molecule has 0 spiro atoms. The van der Waals surface area contributed by atoms with Crippen molar-refractivity contribution in [1.82, 2.24) is 4.57 Å². The molecular formula is C85H71N3O. The summed E-state index contributed by atoms with van der Waals surface area (Å²) in [6.07, 6.45) is 0. The minimum absolute atomic E-state index is 0.0223. The number of benzene rings is 12. The average molecular weight is 1160 g/mol. The molecule has 2 aromatic heterocycles. The quantitative estimate of drug-likeness (QED) is 0.159. The lowest BCUT2D eigenvalue weighted by Gasteiger charge is -2.46. The van der Waals surface area contributed by atoms with Crippen LogP contribution in [0.5, 0.6) is 0 Å². The van der Waals surface area contributed by atoms with E-state index in [9.17, 15) is 8.22 Å². The van der Waals surface area contributed by atoms with Gasteiger partial charge >= 0.3 is 0 Å². The maximum atomic E-state index is 9.50. The smallest absolute Gasteiger partial charge is 0.159 e. The van der Waals surface area contributed by atoms with E-state index in [1.165, 1.54) is 15.7 Å². The van der Waals surface area contributed by atoms with E-state index in [2.05, 4.69) is 175 Å². The second-order valence-corrected chi connectivity index (χ2v) is 26.8. The molecule has 0 saturated heterocycles. The van der Waals surface area contributed by atoms with Crippen LogP contribution in [-0.2, 0) is 16.2 Å². The summed E-state index contributed by atoms with van der Waals surface area (Å²) in [4.78, 5) is 4.61. The summed E-state index contributed by atoms with van der Waals surface area (Å²) in [7, 11) is 0. The van der Waals surface area contributed by atoms with E-state index in [0.717, 1.165) is 84.1 Å². The van der Waals surface area contributed by atoms with Gasteiger partial charge in [-0.1, -0.05) is 256 Å². The van der Waals surface area contributed by atoms with Crippen molar-refractivity contribution < 1.29 is 22.2 Å². The Labute approximate surface area is 540 Å². The molecule has 4 heterocycles. The number of fused-ring (bicyclic) bond motifs is 10. The van der Waals surface area contributed by atoms with Gasteiger partial charge in [0.15, 0.2) is 11.2 Å². The van der Waals surface area contributed by atoms with Crippen LogP contribution >= 0.6 is 0 Å². The molecule has 2 aliphatic heterocycles. The van der Waals surface area contributed by atoms with Crippen LogP contribution in [0.15, 0.2) is 265 Å². The van der Waals surface area contributed by atoms with Crippen LogP contribution in [0.2, 0.25) is 0 Å². The summed E-state index contributed by atoms with van der Waals surface area (Å²) in [6, 6.07) is 57.2. The van der Waals surface area contributed by atoms with Gasteiger partial charge in [0, 0.05) is 38.7 Å². The van der Waals surface area contributed by atoms with Crippen LogP contribution in [0.4, 0.5) is 34.1 Å². The number of rotatable bonds is 7. The fourth-order valence-electron chi connectivity index (χ4n) is 13.5. The first-order valence-electron chi connectivity index (χ1n) is 36.9. The maximum absolute atomic E-state index is 9.50. The van der Waals surface area contributed by atoms with E-state index in [0.29, 0.717) is 38.9 Å². The number of aromatic nitrogens is 1. The minimum Gasteiger partial charge on any atom is -0.452 e. The second kappa shape index (κ2) is 20.2. The van der Waals surface area contributed by atoms with Crippen molar-refractivity contribution in [2.24, 2.45) is 0 Å². The minimum atomic E-state index is -0.533. The number of para-hydroxylation sites is 4. The first-order valence-corrected chi connectivity index (χ1v) is 30.4. The molecule has 4 heteroatoms. The maximum Gasteiger partial charge on any atom is 0.159 e. The number of hydrogen-bond donors (Lipinski definition) is 0. The van der Waals surface area contributed by atoms with Crippen LogP contribution in [-0.4, -0.2) is 4.57 Å². The van der Waals surface area contributed by atoms with Gasteiger partial charge in [-0.15, -0.1) is 0 Å². The standard InChI is InChI=1S/C85H71N3O/c1-83(2,3)61-44-60(45-62(50-61)84(4,5)6)57-40-42-70-76(49-57)88(74-38-24-34-68-67-33-23-37-73(81(67)89-82(68)74)87-71-35-21-19-31-65(71)66-32-20-22-36-72(66)87)78-52-63(85(7,8)9)51-77-80(78)79(70)69-41-39-56(53-25-13-10-14-26-53)48-75(69)86(77)64-46-58(54-27-15-11-16-28-54)43-59(47-64)55-29-17-12-18-30-55/h10-52,79H,1-9H3/i10D,13D,14D,19D,20D,21D,22D,25D,26D,31D,32D,35D,36D. The van der Waals surface area contributed by atoms with Crippen LogP contribution in [0.3, 0.4) is 0 Å². The van der Waals surface area contributed by atoms with Crippen LogP contribution < -0.4 is 9.80 Å². The van der Waals surface area contributed by atoms with Crippen molar-refractivity contribution in [3.8, 4) is 50.2 Å². The Balaban J connectivity index is 1.04. The second-order valence-electron chi connectivity index (χ2n) is 26.8. The zero-order valence-corrected chi connectivity index (χ0v) is 51.1. The van der Waals surface area contributed by atoms with Gasteiger partial charge in [0.05, 0.1) is 63.0 Å². The van der Waals surface area contributed by atoms with Crippen molar-refractivity contribution in [2.75, 3.05) is 9.80 Å². The Hall–Kier alpha value is -10.2. The predicted octanol–water partition coefficient (Wildman–Crippen LogP) is 24.0. The first-order chi connectivity index (χ1) is 48.4. The number of hydrogen-bond acceptors (Lipinski definition) is 3. The topological polar surface area (TPSA) is 24.6 Å². The molecule has 0 amide bonds. The Kier molecular flexibility index (Phi) is 9.50. The summed E-state index contributed by atoms with van der Waals surface area (Å²) >= 11 is 0. The lowest BCUT2D eigenvalue weighted by Crippen LogP contribution is -2.30. The van der Waals surface area contributed by atoms with Crippen LogP contribution in [0, 0.1) is 0 Å². The number of furan rings is 1. The number of anilines is 6. The number of nitrogens with zero attached hydrogens (tertiary/aromatic N) is 3. The molecule has 2 aliphatic rings. The summed E-state index contributed by atoms with van der Waals surface area (Å²) in [5, 5.41) is 1.27. The molecule has 0 saturated carbocycles. The van der Waals surface area contributed by atoms with E-state index < -0.39 is 77.8 Å². The molecular weight excluding hydrogens is 1080 g/mol. The molecule has 432 valence electrons. The van der Waals surface area contributed by atoms with Crippen LogP contribution in [0.1, 0.15) is 119 Å². The molecule has 89 heavy (non-hydrogen) atoms. The predicted molar refractivity (Wildman–Crippen MR) is 376 cm³/mol. The van der Waals surface area contributed by atoms with Crippen molar-refractivity contribution in [3.63, 3.8) is 0 Å². The van der Waals surface area contributed by atoms with Gasteiger partial charge in [-0.25, -0.2) is 0 Å². The van der Waals surface area contributed by atoms with Gasteiger partial charge in [-0.3, -0.25) is 0 Å². The van der Waals surface area contributed by atoms with E-state index in [-0.39, 0.29) is 50.3 Å². The largest absolute Gasteiger partial charge is 0.452 e. The molecule has 1 unspecified atom stereocenters. The molecule has 12 aromatic carbocycles. The Morgan fingerprint density at radius 1 is 0.326 bits per heavy atom. The van der Waals surface area contributed by atoms with E-state index >= 15 is 0 Å². The molecule has 16 rings (SSSR count). The zero-order chi connectivity index (χ0) is 72.0. The van der Waals surface area contributed by atoms with Gasteiger partial charge in [0.1, 0.15) is 0 Å². The molecule has 0 bridgehead atoms. The third kappa shape index (κ3) is 8.94. The van der Waals surface area contributed by atoms with E-state index in [1.54, 1.807) is 6.07 Å². The normalized spacial score (nSPS) is 16.0.